The molecule has 1 fully saturated rings. The van der Waals surface area contributed by atoms with Crippen molar-refractivity contribution in [2.24, 2.45) is 11.7 Å². The van der Waals surface area contributed by atoms with Crippen LogP contribution in [0.4, 0.5) is 0 Å². The molecular formula is C8H18N2. The number of nitrogens with zero attached hydrogens (tertiary/aromatic N) is 1. The van der Waals surface area contributed by atoms with Gasteiger partial charge in [0.2, 0.25) is 0 Å². The van der Waals surface area contributed by atoms with Crippen molar-refractivity contribution >= 4 is 0 Å². The van der Waals surface area contributed by atoms with Gasteiger partial charge in [0, 0.05) is 6.54 Å². The molecule has 10 heavy (non-hydrogen) atoms. The molecule has 0 aliphatic carbocycles. The summed E-state index contributed by atoms with van der Waals surface area (Å²) in [4.78, 5) is 2.41. The first-order chi connectivity index (χ1) is 4.83. The zero-order chi connectivity index (χ0) is 7.40. The van der Waals surface area contributed by atoms with Gasteiger partial charge in [-0.2, -0.15) is 0 Å². The highest BCUT2D eigenvalue weighted by atomic mass is 15.1. The van der Waals surface area contributed by atoms with Crippen molar-refractivity contribution in [3.63, 3.8) is 0 Å². The molecule has 0 radical (unpaired) electrons. The van der Waals surface area contributed by atoms with Crippen LogP contribution in [0.3, 0.4) is 0 Å². The van der Waals surface area contributed by atoms with Crippen molar-refractivity contribution in [3.8, 4) is 0 Å². The van der Waals surface area contributed by atoms with E-state index in [4.69, 9.17) is 5.73 Å². The standard InChI is InChI=1S/C8H18N2/c1-10-6-2-3-8(7-10)4-5-9/h8H,2-7,9H2,1H3. The van der Waals surface area contributed by atoms with Crippen molar-refractivity contribution in [1.82, 2.24) is 4.90 Å². The van der Waals surface area contributed by atoms with Gasteiger partial charge in [-0.3, -0.25) is 0 Å². The number of piperidine rings is 1. The Hall–Kier alpha value is -0.0800. The van der Waals surface area contributed by atoms with Crippen LogP contribution in [0.5, 0.6) is 0 Å². The maximum atomic E-state index is 5.49. The molecule has 0 aromatic heterocycles. The van der Waals surface area contributed by atoms with Crippen LogP contribution in [0.15, 0.2) is 0 Å². The van der Waals surface area contributed by atoms with Crippen LogP contribution in [0, 0.1) is 5.92 Å². The molecule has 1 aliphatic rings. The minimum Gasteiger partial charge on any atom is -0.330 e. The fraction of sp³-hybridized carbons (Fsp3) is 1.00. The molecule has 1 aliphatic heterocycles. The van der Waals surface area contributed by atoms with Gasteiger partial charge in [-0.25, -0.2) is 0 Å². The quantitative estimate of drug-likeness (QED) is 0.614. The molecule has 1 atom stereocenters. The molecule has 0 aromatic carbocycles. The Bertz CT molecular complexity index is 91.3. The van der Waals surface area contributed by atoms with Crippen LogP contribution < -0.4 is 5.73 Å². The van der Waals surface area contributed by atoms with Gasteiger partial charge in [-0.05, 0) is 45.3 Å². The van der Waals surface area contributed by atoms with E-state index in [-0.39, 0.29) is 0 Å². The first-order valence-electron chi connectivity index (χ1n) is 4.21. The Labute approximate surface area is 63.4 Å². The molecular weight excluding hydrogens is 124 g/mol. The number of rotatable bonds is 2. The second-order valence-corrected chi connectivity index (χ2v) is 3.35. The third-order valence-corrected chi connectivity index (χ3v) is 2.30. The summed E-state index contributed by atoms with van der Waals surface area (Å²) in [5.74, 6) is 0.878. The highest BCUT2D eigenvalue weighted by molar-refractivity contribution is 4.70. The van der Waals surface area contributed by atoms with E-state index in [2.05, 4.69) is 11.9 Å². The average molecular weight is 142 g/mol. The van der Waals surface area contributed by atoms with Gasteiger partial charge in [-0.1, -0.05) is 0 Å². The Morgan fingerprint density at radius 1 is 1.60 bits per heavy atom. The second kappa shape index (κ2) is 3.94. The molecule has 0 saturated carbocycles. The Morgan fingerprint density at radius 3 is 3.00 bits per heavy atom. The van der Waals surface area contributed by atoms with Crippen LogP contribution in [-0.4, -0.2) is 31.6 Å². The smallest absolute Gasteiger partial charge is 0.000709 e. The summed E-state index contributed by atoms with van der Waals surface area (Å²) in [5, 5.41) is 0. The fourth-order valence-corrected chi connectivity index (χ4v) is 1.74. The minimum atomic E-state index is 0.860. The van der Waals surface area contributed by atoms with Crippen LogP contribution in [0.2, 0.25) is 0 Å². The van der Waals surface area contributed by atoms with E-state index in [1.54, 1.807) is 0 Å². The Balaban J connectivity index is 2.18. The minimum absolute atomic E-state index is 0.860. The summed E-state index contributed by atoms with van der Waals surface area (Å²) in [7, 11) is 2.20. The maximum absolute atomic E-state index is 5.49. The average Bonchev–Trinajstić information content (AvgIpc) is 1.88. The monoisotopic (exact) mass is 142 g/mol. The van der Waals surface area contributed by atoms with E-state index >= 15 is 0 Å². The van der Waals surface area contributed by atoms with Crippen LogP contribution >= 0.6 is 0 Å². The lowest BCUT2D eigenvalue weighted by atomic mass is 9.95. The number of hydrogen-bond donors (Lipinski definition) is 1. The van der Waals surface area contributed by atoms with Gasteiger partial charge in [-0.15, -0.1) is 0 Å². The predicted octanol–water partition coefficient (Wildman–Crippen LogP) is 0.677. The van der Waals surface area contributed by atoms with Crippen molar-refractivity contribution < 1.29 is 0 Å². The highest BCUT2D eigenvalue weighted by Gasteiger charge is 2.15. The highest BCUT2D eigenvalue weighted by Crippen LogP contribution is 2.16. The molecule has 0 aromatic rings. The molecule has 0 bridgehead atoms. The van der Waals surface area contributed by atoms with E-state index in [0.717, 1.165) is 12.5 Å². The lowest BCUT2D eigenvalue weighted by molar-refractivity contribution is 0.204. The molecule has 1 unspecified atom stereocenters. The Morgan fingerprint density at radius 2 is 2.40 bits per heavy atom. The normalized spacial score (nSPS) is 28.8. The molecule has 2 nitrogen and oxygen atoms in total. The zero-order valence-corrected chi connectivity index (χ0v) is 6.84. The number of likely N-dealkylation sites (tertiary alicyclic amines) is 1. The molecule has 0 amide bonds. The van der Waals surface area contributed by atoms with Crippen molar-refractivity contribution in [1.29, 1.82) is 0 Å². The third-order valence-electron chi connectivity index (χ3n) is 2.30. The molecule has 1 rings (SSSR count). The van der Waals surface area contributed by atoms with Crippen molar-refractivity contribution in [2.75, 3.05) is 26.7 Å². The first kappa shape index (κ1) is 8.02. The van der Waals surface area contributed by atoms with Gasteiger partial charge < -0.3 is 10.6 Å². The maximum Gasteiger partial charge on any atom is 0.000709 e. The van der Waals surface area contributed by atoms with E-state index in [0.29, 0.717) is 0 Å². The molecule has 60 valence electrons. The van der Waals surface area contributed by atoms with E-state index < -0.39 is 0 Å². The molecule has 1 saturated heterocycles. The SMILES string of the molecule is CN1CCCC(CCN)C1. The lowest BCUT2D eigenvalue weighted by Gasteiger charge is -2.29. The van der Waals surface area contributed by atoms with Gasteiger partial charge in [0.25, 0.3) is 0 Å². The fourth-order valence-electron chi connectivity index (χ4n) is 1.74. The number of nitrogens with two attached hydrogens (primary N) is 1. The van der Waals surface area contributed by atoms with Gasteiger partial charge in [0.05, 0.1) is 0 Å². The Kier molecular flexibility index (Phi) is 3.16. The summed E-state index contributed by atoms with van der Waals surface area (Å²) in [6.45, 7) is 3.40. The third kappa shape index (κ3) is 2.27. The van der Waals surface area contributed by atoms with E-state index in [1.165, 1.54) is 32.4 Å². The summed E-state index contributed by atoms with van der Waals surface area (Å²) < 4.78 is 0. The summed E-state index contributed by atoms with van der Waals surface area (Å²) >= 11 is 0. The van der Waals surface area contributed by atoms with E-state index in [1.807, 2.05) is 0 Å². The summed E-state index contributed by atoms with van der Waals surface area (Å²) in [6, 6.07) is 0. The van der Waals surface area contributed by atoms with Gasteiger partial charge in [0.15, 0.2) is 0 Å². The van der Waals surface area contributed by atoms with Crippen LogP contribution in [-0.2, 0) is 0 Å². The summed E-state index contributed by atoms with van der Waals surface area (Å²) in [6.07, 6.45) is 3.97. The second-order valence-electron chi connectivity index (χ2n) is 3.35. The molecule has 0 spiro atoms. The molecule has 2 heteroatoms. The predicted molar refractivity (Wildman–Crippen MR) is 43.9 cm³/mol. The van der Waals surface area contributed by atoms with Crippen molar-refractivity contribution in [3.05, 3.63) is 0 Å². The largest absolute Gasteiger partial charge is 0.330 e. The van der Waals surface area contributed by atoms with Crippen LogP contribution in [0.25, 0.3) is 0 Å². The van der Waals surface area contributed by atoms with Gasteiger partial charge in [0.1, 0.15) is 0 Å². The van der Waals surface area contributed by atoms with Crippen molar-refractivity contribution in [2.45, 2.75) is 19.3 Å². The zero-order valence-electron chi connectivity index (χ0n) is 6.84. The summed E-state index contributed by atoms with van der Waals surface area (Å²) in [5.41, 5.74) is 5.49. The van der Waals surface area contributed by atoms with E-state index in [9.17, 15) is 0 Å². The lowest BCUT2D eigenvalue weighted by Crippen LogP contribution is -2.32. The first-order valence-corrected chi connectivity index (χ1v) is 4.21. The van der Waals surface area contributed by atoms with Gasteiger partial charge >= 0.3 is 0 Å². The van der Waals surface area contributed by atoms with Crippen LogP contribution in [0.1, 0.15) is 19.3 Å². The topological polar surface area (TPSA) is 29.3 Å². The molecule has 2 N–H and O–H groups in total. The molecule has 1 heterocycles. The number of hydrogen-bond acceptors (Lipinski definition) is 2.